The number of hydrogen-bond acceptors (Lipinski definition) is 6. The first-order chi connectivity index (χ1) is 15.5. The molecule has 3 aromatic carbocycles. The fourth-order valence-electron chi connectivity index (χ4n) is 2.91. The van der Waals surface area contributed by atoms with Crippen LogP contribution in [-0.4, -0.2) is 26.2 Å². The average molecular weight is 433 g/mol. The minimum atomic E-state index is -0.506. The van der Waals surface area contributed by atoms with Crippen LogP contribution in [0.15, 0.2) is 77.0 Å². The smallest absolute Gasteiger partial charge is 0.337 e. The number of azo groups is 1. The Labute approximate surface area is 188 Å². The SMILES string of the molecule is CC.COC(=O)c1cc(Cc2ccc(N=Nc3ccc(C)cc3)cc2)cc(C(=O)OC)c1. The molecule has 0 unspecified atom stereocenters. The van der Waals surface area contributed by atoms with Crippen molar-refractivity contribution in [3.05, 3.63) is 94.5 Å². The third-order valence-electron chi connectivity index (χ3n) is 4.49. The van der Waals surface area contributed by atoms with Crippen LogP contribution in [0.3, 0.4) is 0 Å². The lowest BCUT2D eigenvalue weighted by Crippen LogP contribution is -2.08. The van der Waals surface area contributed by atoms with E-state index in [-0.39, 0.29) is 0 Å². The maximum atomic E-state index is 11.9. The van der Waals surface area contributed by atoms with Crippen LogP contribution in [-0.2, 0) is 15.9 Å². The number of nitrogens with zero attached hydrogens (tertiary/aromatic N) is 2. The van der Waals surface area contributed by atoms with E-state index in [9.17, 15) is 9.59 Å². The van der Waals surface area contributed by atoms with Gasteiger partial charge in [-0.1, -0.05) is 43.7 Å². The number of aryl methyl sites for hydroxylation is 1. The Kier molecular flexibility index (Phi) is 9.29. The lowest BCUT2D eigenvalue weighted by Gasteiger charge is -2.08. The minimum absolute atomic E-state index is 0.305. The van der Waals surface area contributed by atoms with E-state index in [0.717, 1.165) is 22.5 Å². The summed E-state index contributed by atoms with van der Waals surface area (Å²) < 4.78 is 9.56. The number of carbonyl (C=O) groups excluding carboxylic acids is 2. The second-order valence-electron chi connectivity index (χ2n) is 6.78. The molecule has 166 valence electrons. The molecule has 0 bridgehead atoms. The molecule has 6 nitrogen and oxygen atoms in total. The summed E-state index contributed by atoms with van der Waals surface area (Å²) in [5, 5.41) is 8.49. The zero-order valence-corrected chi connectivity index (χ0v) is 19.1. The first-order valence-corrected chi connectivity index (χ1v) is 10.4. The highest BCUT2D eigenvalue weighted by molar-refractivity contribution is 5.95. The van der Waals surface area contributed by atoms with Crippen LogP contribution in [0, 0.1) is 6.92 Å². The molecule has 3 aromatic rings. The van der Waals surface area contributed by atoms with Gasteiger partial charge in [0.15, 0.2) is 0 Å². The molecule has 0 saturated carbocycles. The Bertz CT molecular complexity index is 1040. The highest BCUT2D eigenvalue weighted by Crippen LogP contribution is 2.21. The van der Waals surface area contributed by atoms with Crippen molar-refractivity contribution in [2.45, 2.75) is 27.2 Å². The molecule has 0 atom stereocenters. The summed E-state index contributed by atoms with van der Waals surface area (Å²) in [7, 11) is 2.60. The van der Waals surface area contributed by atoms with Gasteiger partial charge in [0, 0.05) is 0 Å². The number of ether oxygens (including phenoxy) is 2. The predicted molar refractivity (Wildman–Crippen MR) is 125 cm³/mol. The average Bonchev–Trinajstić information content (AvgIpc) is 2.84. The summed E-state index contributed by atoms with van der Waals surface area (Å²) in [6.07, 6.45) is 0.532. The van der Waals surface area contributed by atoms with Crippen LogP contribution in [0.1, 0.15) is 51.3 Å². The highest BCUT2D eigenvalue weighted by atomic mass is 16.5. The van der Waals surface area contributed by atoms with Gasteiger partial charge in [0.05, 0.1) is 36.7 Å². The molecule has 0 N–H and O–H groups in total. The molecule has 0 radical (unpaired) electrons. The van der Waals surface area contributed by atoms with E-state index in [2.05, 4.69) is 10.2 Å². The Morgan fingerprint density at radius 3 is 1.56 bits per heavy atom. The third kappa shape index (κ3) is 6.87. The summed E-state index contributed by atoms with van der Waals surface area (Å²) in [5.74, 6) is -1.01. The van der Waals surface area contributed by atoms with Crippen LogP contribution < -0.4 is 0 Å². The van der Waals surface area contributed by atoms with Crippen molar-refractivity contribution < 1.29 is 19.1 Å². The lowest BCUT2D eigenvalue weighted by molar-refractivity contribution is 0.0599. The van der Waals surface area contributed by atoms with Crippen molar-refractivity contribution >= 4 is 23.3 Å². The van der Waals surface area contributed by atoms with Crippen molar-refractivity contribution in [3.63, 3.8) is 0 Å². The zero-order valence-electron chi connectivity index (χ0n) is 19.1. The van der Waals surface area contributed by atoms with Gasteiger partial charge in [-0.2, -0.15) is 10.2 Å². The molecule has 0 aliphatic heterocycles. The molecule has 0 aliphatic carbocycles. The van der Waals surface area contributed by atoms with Gasteiger partial charge in [0.1, 0.15) is 0 Å². The topological polar surface area (TPSA) is 77.3 Å². The Balaban J connectivity index is 0.00000176. The van der Waals surface area contributed by atoms with Gasteiger partial charge in [0.25, 0.3) is 0 Å². The van der Waals surface area contributed by atoms with Crippen LogP contribution in [0.5, 0.6) is 0 Å². The van der Waals surface area contributed by atoms with Gasteiger partial charge in [-0.3, -0.25) is 0 Å². The second-order valence-corrected chi connectivity index (χ2v) is 6.78. The number of esters is 2. The summed E-state index contributed by atoms with van der Waals surface area (Å²) >= 11 is 0. The van der Waals surface area contributed by atoms with E-state index in [1.807, 2.05) is 69.3 Å². The van der Waals surface area contributed by atoms with Crippen molar-refractivity contribution in [2.24, 2.45) is 10.2 Å². The summed E-state index contributed by atoms with van der Waals surface area (Å²) in [4.78, 5) is 23.9. The normalized spacial score (nSPS) is 10.3. The van der Waals surface area contributed by atoms with Gasteiger partial charge >= 0.3 is 11.9 Å². The van der Waals surface area contributed by atoms with Gasteiger partial charge < -0.3 is 9.47 Å². The molecule has 32 heavy (non-hydrogen) atoms. The molecule has 0 fully saturated rings. The van der Waals surface area contributed by atoms with Crippen molar-refractivity contribution in [3.8, 4) is 0 Å². The van der Waals surface area contributed by atoms with E-state index in [1.165, 1.54) is 25.8 Å². The van der Waals surface area contributed by atoms with E-state index in [4.69, 9.17) is 9.47 Å². The van der Waals surface area contributed by atoms with Crippen molar-refractivity contribution in [2.75, 3.05) is 14.2 Å². The lowest BCUT2D eigenvalue weighted by atomic mass is 9.99. The molecule has 0 amide bonds. The van der Waals surface area contributed by atoms with Crippen LogP contribution >= 0.6 is 0 Å². The van der Waals surface area contributed by atoms with Crippen LogP contribution in [0.4, 0.5) is 11.4 Å². The summed E-state index contributed by atoms with van der Waals surface area (Å²) in [6.45, 7) is 6.02. The van der Waals surface area contributed by atoms with Gasteiger partial charge in [0.2, 0.25) is 0 Å². The molecule has 0 heterocycles. The predicted octanol–water partition coefficient (Wildman–Crippen LogP) is 6.60. The van der Waals surface area contributed by atoms with Gasteiger partial charge in [-0.15, -0.1) is 0 Å². The standard InChI is InChI=1S/C24H22N2O4.C2H6/c1-16-4-8-21(9-5-16)25-26-22-10-6-17(7-11-22)12-18-13-19(23(27)29-2)15-20(14-18)24(28)30-3;1-2/h4-11,13-15H,12H2,1-3H3;1-2H3. The third-order valence-corrected chi connectivity index (χ3v) is 4.49. The van der Waals surface area contributed by atoms with Crippen LogP contribution in [0.25, 0.3) is 0 Å². The number of benzene rings is 3. The molecular weight excluding hydrogens is 404 g/mol. The van der Waals surface area contributed by atoms with E-state index in [1.54, 1.807) is 12.1 Å². The molecule has 6 heteroatoms. The quantitative estimate of drug-likeness (QED) is 0.325. The first kappa shape index (κ1) is 24.5. The van der Waals surface area contributed by atoms with E-state index >= 15 is 0 Å². The number of carbonyl (C=O) groups is 2. The summed E-state index contributed by atoms with van der Waals surface area (Å²) in [5.41, 5.74) is 5.11. The zero-order chi connectivity index (χ0) is 23.5. The monoisotopic (exact) mass is 432 g/mol. The Hall–Kier alpha value is -3.80. The second kappa shape index (κ2) is 12.2. The van der Waals surface area contributed by atoms with E-state index in [0.29, 0.717) is 17.5 Å². The van der Waals surface area contributed by atoms with Crippen molar-refractivity contribution in [1.29, 1.82) is 0 Å². The largest absolute Gasteiger partial charge is 0.465 e. The van der Waals surface area contributed by atoms with E-state index < -0.39 is 11.9 Å². The molecule has 3 rings (SSSR count). The minimum Gasteiger partial charge on any atom is -0.465 e. The highest BCUT2D eigenvalue weighted by Gasteiger charge is 2.14. The molecule has 0 spiro atoms. The van der Waals surface area contributed by atoms with Crippen molar-refractivity contribution in [1.82, 2.24) is 0 Å². The number of rotatable bonds is 6. The molecule has 0 aliphatic rings. The number of methoxy groups -OCH3 is 2. The first-order valence-electron chi connectivity index (χ1n) is 10.4. The fraction of sp³-hybridized carbons (Fsp3) is 0.231. The fourth-order valence-corrected chi connectivity index (χ4v) is 2.91. The van der Waals surface area contributed by atoms with Gasteiger partial charge in [-0.05, 0) is 66.9 Å². The molecule has 0 saturated heterocycles. The maximum Gasteiger partial charge on any atom is 0.337 e. The Morgan fingerprint density at radius 1 is 0.688 bits per heavy atom. The molecule has 0 aromatic heterocycles. The summed E-state index contributed by atoms with van der Waals surface area (Å²) in [6, 6.07) is 20.3. The van der Waals surface area contributed by atoms with Gasteiger partial charge in [-0.25, -0.2) is 9.59 Å². The maximum absolute atomic E-state index is 11.9. The molecular formula is C26H28N2O4. The Morgan fingerprint density at radius 2 is 1.12 bits per heavy atom. The van der Waals surface area contributed by atoms with Crippen LogP contribution in [0.2, 0.25) is 0 Å². The number of hydrogen-bond donors (Lipinski definition) is 0.